The van der Waals surface area contributed by atoms with Crippen LogP contribution in [0.15, 0.2) is 60.8 Å². The van der Waals surface area contributed by atoms with E-state index >= 15 is 0 Å². The van der Waals surface area contributed by atoms with Crippen LogP contribution in [0.4, 0.5) is 5.82 Å². The number of ether oxygens (including phenoxy) is 1. The van der Waals surface area contributed by atoms with Gasteiger partial charge in [0.2, 0.25) is 0 Å². The summed E-state index contributed by atoms with van der Waals surface area (Å²) in [4.78, 5) is 19.4. The Kier molecular flexibility index (Phi) is 3.82. The Labute approximate surface area is 144 Å². The first kappa shape index (κ1) is 15.2. The van der Waals surface area contributed by atoms with Crippen LogP contribution in [0, 0.1) is 0 Å². The summed E-state index contributed by atoms with van der Waals surface area (Å²) in [6.07, 6.45) is 1.84. The molecule has 5 nitrogen and oxygen atoms in total. The van der Waals surface area contributed by atoms with Gasteiger partial charge in [-0.15, -0.1) is 0 Å². The van der Waals surface area contributed by atoms with E-state index in [9.17, 15) is 4.79 Å². The highest BCUT2D eigenvalue weighted by molar-refractivity contribution is 6.07. The SMILES string of the molecule is COC(=O)c1cccc(CNc2cc3c(cn2)[nH]c2ccccc23)c1. The number of rotatable bonds is 4. The number of fused-ring (bicyclic) bond motifs is 3. The van der Waals surface area contributed by atoms with Gasteiger partial charge in [0.15, 0.2) is 0 Å². The van der Waals surface area contributed by atoms with Gasteiger partial charge in [-0.25, -0.2) is 9.78 Å². The Morgan fingerprint density at radius 2 is 1.96 bits per heavy atom. The summed E-state index contributed by atoms with van der Waals surface area (Å²) in [7, 11) is 1.38. The van der Waals surface area contributed by atoms with E-state index in [-0.39, 0.29) is 5.97 Å². The van der Waals surface area contributed by atoms with Crippen LogP contribution in [-0.4, -0.2) is 23.0 Å². The van der Waals surface area contributed by atoms with Gasteiger partial charge in [0, 0.05) is 22.8 Å². The lowest BCUT2D eigenvalue weighted by atomic mass is 10.1. The second-order valence-corrected chi connectivity index (χ2v) is 5.83. The summed E-state index contributed by atoms with van der Waals surface area (Å²) in [5.74, 6) is 0.459. The first-order valence-electron chi connectivity index (χ1n) is 8.02. The molecule has 0 fully saturated rings. The number of nitrogens with one attached hydrogen (secondary N) is 2. The van der Waals surface area contributed by atoms with Crippen molar-refractivity contribution in [3.63, 3.8) is 0 Å². The molecule has 2 aromatic carbocycles. The molecule has 0 bridgehead atoms. The van der Waals surface area contributed by atoms with Crippen molar-refractivity contribution in [3.8, 4) is 0 Å². The number of carbonyl (C=O) groups is 1. The summed E-state index contributed by atoms with van der Waals surface area (Å²) >= 11 is 0. The monoisotopic (exact) mass is 331 g/mol. The Bertz CT molecular complexity index is 1070. The van der Waals surface area contributed by atoms with Gasteiger partial charge < -0.3 is 15.0 Å². The predicted molar refractivity (Wildman–Crippen MR) is 98.7 cm³/mol. The topological polar surface area (TPSA) is 67.0 Å². The number of esters is 1. The van der Waals surface area contributed by atoms with Gasteiger partial charge in [0.25, 0.3) is 0 Å². The van der Waals surface area contributed by atoms with Crippen LogP contribution in [0.3, 0.4) is 0 Å². The summed E-state index contributed by atoms with van der Waals surface area (Å²) in [6.45, 7) is 0.575. The van der Waals surface area contributed by atoms with Crippen molar-refractivity contribution in [1.29, 1.82) is 0 Å². The third kappa shape index (κ3) is 2.92. The largest absolute Gasteiger partial charge is 0.465 e. The van der Waals surface area contributed by atoms with Crippen LogP contribution in [0.5, 0.6) is 0 Å². The number of pyridine rings is 1. The Balaban J connectivity index is 1.59. The van der Waals surface area contributed by atoms with Gasteiger partial charge in [-0.1, -0.05) is 30.3 Å². The number of nitrogens with zero attached hydrogens (tertiary/aromatic N) is 1. The zero-order valence-electron chi connectivity index (χ0n) is 13.7. The molecule has 0 atom stereocenters. The highest BCUT2D eigenvalue weighted by Gasteiger charge is 2.07. The number of benzene rings is 2. The lowest BCUT2D eigenvalue weighted by Gasteiger charge is -2.07. The molecule has 0 saturated carbocycles. The zero-order valence-corrected chi connectivity index (χ0v) is 13.7. The lowest BCUT2D eigenvalue weighted by molar-refractivity contribution is 0.0600. The van der Waals surface area contributed by atoms with Crippen molar-refractivity contribution in [3.05, 3.63) is 71.9 Å². The molecule has 4 rings (SSSR count). The standard InChI is InChI=1S/C20H17N3O2/c1-25-20(24)14-6-4-5-13(9-14)11-21-19-10-16-15-7-2-3-8-17(15)23-18(16)12-22-19/h2-10,12,23H,11H2,1H3,(H,21,22). The van der Waals surface area contributed by atoms with Crippen molar-refractivity contribution in [1.82, 2.24) is 9.97 Å². The van der Waals surface area contributed by atoms with Gasteiger partial charge in [-0.3, -0.25) is 0 Å². The smallest absolute Gasteiger partial charge is 0.337 e. The number of H-pyrrole nitrogens is 1. The highest BCUT2D eigenvalue weighted by Crippen LogP contribution is 2.26. The summed E-state index contributed by atoms with van der Waals surface area (Å²) in [5, 5.41) is 5.63. The second kappa shape index (κ2) is 6.28. The minimum absolute atomic E-state index is 0.333. The van der Waals surface area contributed by atoms with Crippen LogP contribution in [0.2, 0.25) is 0 Å². The third-order valence-electron chi connectivity index (χ3n) is 4.21. The third-order valence-corrected chi connectivity index (χ3v) is 4.21. The molecule has 124 valence electrons. The first-order valence-corrected chi connectivity index (χ1v) is 8.02. The summed E-state index contributed by atoms with van der Waals surface area (Å²) in [6, 6.07) is 17.6. The first-order chi connectivity index (χ1) is 12.2. The normalized spacial score (nSPS) is 10.9. The second-order valence-electron chi connectivity index (χ2n) is 5.83. The average Bonchev–Trinajstić information content (AvgIpc) is 3.04. The maximum Gasteiger partial charge on any atom is 0.337 e. The van der Waals surface area contributed by atoms with Gasteiger partial charge in [0.05, 0.1) is 24.4 Å². The van der Waals surface area contributed by atoms with Crippen LogP contribution < -0.4 is 5.32 Å². The van der Waals surface area contributed by atoms with E-state index in [0.29, 0.717) is 12.1 Å². The maximum atomic E-state index is 11.6. The predicted octanol–water partition coefficient (Wildman–Crippen LogP) is 4.11. The number of methoxy groups -OCH3 is 1. The van der Waals surface area contributed by atoms with Crippen LogP contribution >= 0.6 is 0 Å². The molecule has 0 aliphatic heterocycles. The summed E-state index contributed by atoms with van der Waals surface area (Å²) < 4.78 is 4.76. The fourth-order valence-corrected chi connectivity index (χ4v) is 2.97. The van der Waals surface area contributed by atoms with E-state index in [0.717, 1.165) is 27.8 Å². The molecule has 0 amide bonds. The van der Waals surface area contributed by atoms with Gasteiger partial charge in [0.1, 0.15) is 5.82 Å². The van der Waals surface area contributed by atoms with E-state index in [1.165, 1.54) is 12.5 Å². The number of anilines is 1. The summed E-state index contributed by atoms with van der Waals surface area (Å²) in [5.41, 5.74) is 3.65. The molecule has 25 heavy (non-hydrogen) atoms. The van der Waals surface area contributed by atoms with Crippen molar-refractivity contribution in [2.45, 2.75) is 6.54 Å². The lowest BCUT2D eigenvalue weighted by Crippen LogP contribution is -2.05. The molecule has 0 saturated heterocycles. The molecule has 0 aliphatic carbocycles. The van der Waals surface area contributed by atoms with Crippen LogP contribution in [0.1, 0.15) is 15.9 Å². The number of aromatic nitrogens is 2. The molecule has 2 aromatic heterocycles. The maximum absolute atomic E-state index is 11.6. The molecule has 0 spiro atoms. The fourth-order valence-electron chi connectivity index (χ4n) is 2.97. The molecule has 0 radical (unpaired) electrons. The molecular weight excluding hydrogens is 314 g/mol. The fraction of sp³-hybridized carbons (Fsp3) is 0.100. The minimum Gasteiger partial charge on any atom is -0.465 e. The van der Waals surface area contributed by atoms with Gasteiger partial charge >= 0.3 is 5.97 Å². The molecule has 4 aromatic rings. The van der Waals surface area contributed by atoms with Crippen LogP contribution in [0.25, 0.3) is 21.8 Å². The van der Waals surface area contributed by atoms with E-state index in [4.69, 9.17) is 4.74 Å². The molecule has 2 N–H and O–H groups in total. The van der Waals surface area contributed by atoms with Crippen molar-refractivity contribution in [2.75, 3.05) is 12.4 Å². The Hall–Kier alpha value is -3.34. The van der Waals surface area contributed by atoms with E-state index in [1.807, 2.05) is 42.6 Å². The molecular formula is C20H17N3O2. The van der Waals surface area contributed by atoms with Crippen molar-refractivity contribution < 1.29 is 9.53 Å². The Morgan fingerprint density at radius 1 is 1.08 bits per heavy atom. The van der Waals surface area contributed by atoms with Gasteiger partial charge in [-0.05, 0) is 29.8 Å². The molecule has 5 heteroatoms. The zero-order chi connectivity index (χ0) is 17.2. The quantitative estimate of drug-likeness (QED) is 0.552. The number of hydrogen-bond donors (Lipinski definition) is 2. The van der Waals surface area contributed by atoms with Gasteiger partial charge in [-0.2, -0.15) is 0 Å². The average molecular weight is 331 g/mol. The number of carbonyl (C=O) groups excluding carboxylic acids is 1. The minimum atomic E-state index is -0.333. The van der Waals surface area contributed by atoms with Crippen molar-refractivity contribution >= 4 is 33.6 Å². The number of aromatic amines is 1. The van der Waals surface area contributed by atoms with Crippen LogP contribution in [-0.2, 0) is 11.3 Å². The molecule has 2 heterocycles. The number of para-hydroxylation sites is 1. The van der Waals surface area contributed by atoms with Crippen molar-refractivity contribution in [2.24, 2.45) is 0 Å². The highest BCUT2D eigenvalue weighted by atomic mass is 16.5. The molecule has 0 unspecified atom stereocenters. The van der Waals surface area contributed by atoms with E-state index < -0.39 is 0 Å². The van der Waals surface area contributed by atoms with E-state index in [1.54, 1.807) is 6.07 Å². The Morgan fingerprint density at radius 3 is 2.84 bits per heavy atom. The molecule has 0 aliphatic rings. The number of hydrogen-bond acceptors (Lipinski definition) is 4. The van der Waals surface area contributed by atoms with E-state index in [2.05, 4.69) is 27.4 Å².